The van der Waals surface area contributed by atoms with Crippen LogP contribution in [0.25, 0.3) is 0 Å². The van der Waals surface area contributed by atoms with E-state index in [4.69, 9.17) is 9.90 Å². The number of hydrogen-bond donors (Lipinski definition) is 2. The zero-order chi connectivity index (χ0) is 23.9. The van der Waals surface area contributed by atoms with Gasteiger partial charge in [0.1, 0.15) is 0 Å². The summed E-state index contributed by atoms with van der Waals surface area (Å²) in [6, 6.07) is 6.07. The maximum Gasteiger partial charge on any atom is 0.490 e. The summed E-state index contributed by atoms with van der Waals surface area (Å²) in [7, 11) is 1.90. The van der Waals surface area contributed by atoms with Gasteiger partial charge in [0.2, 0.25) is 0 Å². The molecule has 0 radical (unpaired) electrons. The third kappa shape index (κ3) is 7.63. The number of benzene rings is 1. The van der Waals surface area contributed by atoms with Crippen LogP contribution in [0, 0.1) is 19.8 Å². The van der Waals surface area contributed by atoms with Gasteiger partial charge in [-0.05, 0) is 51.8 Å². The molecule has 2 heterocycles. The zero-order valence-electron chi connectivity index (χ0n) is 18.3. The second kappa shape index (κ2) is 11.1. The van der Waals surface area contributed by atoms with Crippen molar-refractivity contribution in [2.75, 3.05) is 20.1 Å². The van der Waals surface area contributed by atoms with E-state index in [1.165, 1.54) is 0 Å². The van der Waals surface area contributed by atoms with E-state index in [-0.39, 0.29) is 5.91 Å². The number of nitrogens with zero attached hydrogens (tertiary/aromatic N) is 4. The van der Waals surface area contributed by atoms with Crippen molar-refractivity contribution in [3.63, 3.8) is 0 Å². The highest BCUT2D eigenvalue weighted by Gasteiger charge is 2.38. The smallest absolute Gasteiger partial charge is 0.475 e. The van der Waals surface area contributed by atoms with Crippen LogP contribution in [-0.4, -0.2) is 63.2 Å². The van der Waals surface area contributed by atoms with Gasteiger partial charge in [0, 0.05) is 37.9 Å². The summed E-state index contributed by atoms with van der Waals surface area (Å²) in [5.74, 6) is -2.19. The van der Waals surface area contributed by atoms with Crippen LogP contribution in [-0.2, 0) is 17.9 Å². The molecule has 1 amide bonds. The third-order valence-electron chi connectivity index (χ3n) is 4.91. The molecule has 2 N–H and O–H groups in total. The van der Waals surface area contributed by atoms with Crippen molar-refractivity contribution in [3.8, 4) is 0 Å². The number of carbonyl (C=O) groups excluding carboxylic acids is 1. The SMILES string of the molecule is CNCc1cn(CC2CCCN(C(=O)c3cc(C)cc(C)c3)C2)nn1.O=C(O)C(F)(F)F. The Bertz CT molecular complexity index is 909. The predicted molar refractivity (Wildman–Crippen MR) is 111 cm³/mol. The number of aliphatic carboxylic acids is 1. The van der Waals surface area contributed by atoms with Crippen molar-refractivity contribution in [2.24, 2.45) is 5.92 Å². The van der Waals surface area contributed by atoms with Crippen molar-refractivity contribution < 1.29 is 27.9 Å². The van der Waals surface area contributed by atoms with E-state index in [1.54, 1.807) is 0 Å². The Labute approximate surface area is 184 Å². The molecule has 1 unspecified atom stereocenters. The molecule has 0 aliphatic carbocycles. The molecule has 11 heteroatoms. The van der Waals surface area contributed by atoms with Crippen LogP contribution < -0.4 is 5.32 Å². The maximum atomic E-state index is 12.9. The molecule has 0 spiro atoms. The number of rotatable bonds is 5. The first kappa shape index (κ1) is 25.3. The minimum absolute atomic E-state index is 0.144. The second-order valence-corrected chi connectivity index (χ2v) is 7.90. The highest BCUT2D eigenvalue weighted by Crippen LogP contribution is 2.21. The van der Waals surface area contributed by atoms with Crippen LogP contribution in [0.2, 0.25) is 0 Å². The highest BCUT2D eigenvalue weighted by molar-refractivity contribution is 5.94. The van der Waals surface area contributed by atoms with Gasteiger partial charge in [-0.1, -0.05) is 22.4 Å². The van der Waals surface area contributed by atoms with Gasteiger partial charge in [0.05, 0.1) is 5.69 Å². The highest BCUT2D eigenvalue weighted by atomic mass is 19.4. The van der Waals surface area contributed by atoms with Crippen molar-refractivity contribution in [1.82, 2.24) is 25.2 Å². The lowest BCUT2D eigenvalue weighted by Gasteiger charge is -2.32. The van der Waals surface area contributed by atoms with Crippen LogP contribution in [0.3, 0.4) is 0 Å². The van der Waals surface area contributed by atoms with Crippen LogP contribution in [0.15, 0.2) is 24.4 Å². The lowest BCUT2D eigenvalue weighted by Crippen LogP contribution is -2.41. The number of aromatic nitrogens is 3. The van der Waals surface area contributed by atoms with Gasteiger partial charge in [0.25, 0.3) is 5.91 Å². The van der Waals surface area contributed by atoms with Gasteiger partial charge in [-0.2, -0.15) is 13.2 Å². The first-order chi connectivity index (χ1) is 15.0. The van der Waals surface area contributed by atoms with Gasteiger partial charge in [-0.15, -0.1) is 5.10 Å². The predicted octanol–water partition coefficient (Wildman–Crippen LogP) is 2.80. The summed E-state index contributed by atoms with van der Waals surface area (Å²) in [6.45, 7) is 7.24. The summed E-state index contributed by atoms with van der Waals surface area (Å²) < 4.78 is 33.6. The number of aryl methyl sites for hydroxylation is 2. The monoisotopic (exact) mass is 455 g/mol. The molecule has 1 aliphatic heterocycles. The van der Waals surface area contributed by atoms with E-state index >= 15 is 0 Å². The zero-order valence-corrected chi connectivity index (χ0v) is 18.3. The number of alkyl halides is 3. The van der Waals surface area contributed by atoms with Crippen LogP contribution in [0.5, 0.6) is 0 Å². The Balaban J connectivity index is 0.000000451. The number of piperidine rings is 1. The second-order valence-electron chi connectivity index (χ2n) is 7.90. The molecule has 1 atom stereocenters. The Kier molecular flexibility index (Phi) is 8.76. The van der Waals surface area contributed by atoms with Gasteiger partial charge in [-0.3, -0.25) is 9.48 Å². The Hall–Kier alpha value is -2.95. The van der Waals surface area contributed by atoms with Crippen molar-refractivity contribution in [1.29, 1.82) is 0 Å². The fourth-order valence-corrected chi connectivity index (χ4v) is 3.63. The average molecular weight is 455 g/mol. The summed E-state index contributed by atoms with van der Waals surface area (Å²) in [6.07, 6.45) is -0.932. The van der Waals surface area contributed by atoms with E-state index in [2.05, 4.69) is 21.7 Å². The van der Waals surface area contributed by atoms with Crippen molar-refractivity contribution >= 4 is 11.9 Å². The fourth-order valence-electron chi connectivity index (χ4n) is 3.63. The number of halogens is 3. The molecule has 8 nitrogen and oxygen atoms in total. The summed E-state index contributed by atoms with van der Waals surface area (Å²) >= 11 is 0. The molecule has 1 aromatic carbocycles. The van der Waals surface area contributed by atoms with Gasteiger partial charge in [-0.25, -0.2) is 4.79 Å². The molecular weight excluding hydrogens is 427 g/mol. The molecule has 3 rings (SSSR count). The van der Waals surface area contributed by atoms with Crippen LogP contribution in [0.4, 0.5) is 13.2 Å². The number of carboxylic acids is 1. The molecular formula is C21H28F3N5O3. The Morgan fingerprint density at radius 1 is 1.22 bits per heavy atom. The van der Waals surface area contributed by atoms with E-state index < -0.39 is 12.1 Å². The van der Waals surface area contributed by atoms with Crippen LogP contribution >= 0.6 is 0 Å². The molecule has 0 saturated carbocycles. The number of hydrogen-bond acceptors (Lipinski definition) is 5. The number of likely N-dealkylation sites (tertiary alicyclic amines) is 1. The third-order valence-corrected chi connectivity index (χ3v) is 4.91. The molecule has 1 fully saturated rings. The van der Waals surface area contributed by atoms with Crippen molar-refractivity contribution in [2.45, 2.75) is 46.0 Å². The standard InChI is InChI=1S/C19H27N5O.C2HF3O2/c1-14-7-15(2)9-17(8-14)19(25)23-6-4-5-16(11-23)12-24-13-18(10-20-3)21-22-24;3-2(4,5)1(6)7/h7-9,13,16,20H,4-6,10-12H2,1-3H3;(H,6,7). The number of carbonyl (C=O) groups is 2. The average Bonchev–Trinajstić information content (AvgIpc) is 3.14. The molecule has 0 bridgehead atoms. The quantitative estimate of drug-likeness (QED) is 0.719. The summed E-state index contributed by atoms with van der Waals surface area (Å²) in [5, 5.41) is 18.6. The van der Waals surface area contributed by atoms with E-state index in [0.717, 1.165) is 61.4 Å². The van der Waals surface area contributed by atoms with Gasteiger partial charge >= 0.3 is 12.1 Å². The Morgan fingerprint density at radius 2 is 1.84 bits per heavy atom. The molecule has 32 heavy (non-hydrogen) atoms. The fraction of sp³-hybridized carbons (Fsp3) is 0.524. The minimum Gasteiger partial charge on any atom is -0.475 e. The summed E-state index contributed by atoms with van der Waals surface area (Å²) in [4.78, 5) is 23.8. The lowest BCUT2D eigenvalue weighted by atomic mass is 9.97. The lowest BCUT2D eigenvalue weighted by molar-refractivity contribution is -0.192. The molecule has 1 aromatic heterocycles. The van der Waals surface area contributed by atoms with Crippen molar-refractivity contribution in [3.05, 3.63) is 46.8 Å². The van der Waals surface area contributed by atoms with Crippen LogP contribution in [0.1, 0.15) is 40.0 Å². The normalized spacial score (nSPS) is 16.3. The first-order valence-electron chi connectivity index (χ1n) is 10.2. The number of amides is 1. The molecule has 1 aliphatic rings. The topological polar surface area (TPSA) is 100 Å². The van der Waals surface area contributed by atoms with E-state index in [9.17, 15) is 18.0 Å². The summed E-state index contributed by atoms with van der Waals surface area (Å²) in [5.41, 5.74) is 4.02. The molecule has 2 aromatic rings. The number of carboxylic acid groups (broad SMARTS) is 1. The Morgan fingerprint density at radius 3 is 2.41 bits per heavy atom. The number of nitrogens with one attached hydrogen (secondary N) is 1. The largest absolute Gasteiger partial charge is 0.490 e. The van der Waals surface area contributed by atoms with E-state index in [1.807, 2.05) is 48.8 Å². The molecule has 176 valence electrons. The van der Waals surface area contributed by atoms with E-state index in [0.29, 0.717) is 5.92 Å². The molecule has 1 saturated heterocycles. The maximum absolute atomic E-state index is 12.9. The van der Waals surface area contributed by atoms with Gasteiger partial charge in [0.15, 0.2) is 0 Å². The van der Waals surface area contributed by atoms with Gasteiger partial charge < -0.3 is 15.3 Å². The first-order valence-corrected chi connectivity index (χ1v) is 10.2. The minimum atomic E-state index is -5.08.